The lowest BCUT2D eigenvalue weighted by molar-refractivity contribution is 0.0748. The van der Waals surface area contributed by atoms with Crippen LogP contribution in [0.15, 0.2) is 66.0 Å². The number of rotatable bonds is 3. The van der Waals surface area contributed by atoms with Gasteiger partial charge in [0.2, 0.25) is 0 Å². The second-order valence-electron chi connectivity index (χ2n) is 7.91. The minimum Gasteiger partial charge on any atom is -0.345 e. The molecule has 1 fully saturated rings. The van der Waals surface area contributed by atoms with Gasteiger partial charge >= 0.3 is 0 Å². The average molecular weight is 475 g/mol. The highest BCUT2D eigenvalue weighted by molar-refractivity contribution is 7.22. The van der Waals surface area contributed by atoms with Crippen LogP contribution >= 0.6 is 22.7 Å². The van der Waals surface area contributed by atoms with E-state index in [4.69, 9.17) is 4.98 Å². The third-order valence-corrected chi connectivity index (χ3v) is 7.89. The number of para-hydroxylation sites is 2. The molecule has 2 aromatic carbocycles. The van der Waals surface area contributed by atoms with Crippen molar-refractivity contribution in [2.24, 2.45) is 0 Å². The van der Waals surface area contributed by atoms with Gasteiger partial charge in [0.1, 0.15) is 11.3 Å². The molecule has 164 valence electrons. The van der Waals surface area contributed by atoms with Crippen LogP contribution < -0.4 is 4.90 Å². The number of thiazole rings is 1. The molecule has 0 bridgehead atoms. The molecule has 1 aliphatic heterocycles. The van der Waals surface area contributed by atoms with Crippen LogP contribution in [0.1, 0.15) is 10.4 Å². The van der Waals surface area contributed by atoms with Crippen molar-refractivity contribution < 1.29 is 9.18 Å². The number of piperazine rings is 1. The summed E-state index contributed by atoms with van der Waals surface area (Å²) in [5.74, 6) is -0.281. The molecule has 5 aromatic rings. The minimum absolute atomic E-state index is 0.0152. The van der Waals surface area contributed by atoms with Gasteiger partial charge in [-0.15, -0.1) is 11.3 Å². The smallest absolute Gasteiger partial charge is 0.254 e. The van der Waals surface area contributed by atoms with Gasteiger partial charge in [-0.3, -0.25) is 4.79 Å². The zero-order valence-electron chi connectivity index (χ0n) is 17.6. The molecular weight excluding hydrogens is 455 g/mol. The van der Waals surface area contributed by atoms with Crippen molar-refractivity contribution in [3.05, 3.63) is 77.4 Å². The molecule has 0 atom stereocenters. The van der Waals surface area contributed by atoms with Crippen molar-refractivity contribution >= 4 is 54.8 Å². The number of benzene rings is 2. The summed E-state index contributed by atoms with van der Waals surface area (Å²) in [4.78, 5) is 27.9. The molecule has 0 unspecified atom stereocenters. The fourth-order valence-electron chi connectivity index (χ4n) is 4.21. The second kappa shape index (κ2) is 8.20. The van der Waals surface area contributed by atoms with E-state index in [0.29, 0.717) is 37.3 Å². The number of amides is 1. The van der Waals surface area contributed by atoms with Crippen LogP contribution in [0.3, 0.4) is 0 Å². The van der Waals surface area contributed by atoms with Gasteiger partial charge in [0.15, 0.2) is 5.13 Å². The number of carbonyl (C=O) groups excluding carboxylic acids is 1. The van der Waals surface area contributed by atoms with E-state index in [1.165, 1.54) is 17.4 Å². The van der Waals surface area contributed by atoms with Crippen LogP contribution in [-0.2, 0) is 0 Å². The highest BCUT2D eigenvalue weighted by atomic mass is 32.1. The van der Waals surface area contributed by atoms with Crippen LogP contribution in [0, 0.1) is 5.82 Å². The number of aromatic nitrogens is 2. The molecule has 4 heterocycles. The predicted octanol–water partition coefficient (Wildman–Crippen LogP) is 5.67. The summed E-state index contributed by atoms with van der Waals surface area (Å²) in [6.07, 6.45) is 0. The Labute approximate surface area is 197 Å². The van der Waals surface area contributed by atoms with E-state index in [2.05, 4.69) is 9.88 Å². The van der Waals surface area contributed by atoms with Crippen molar-refractivity contribution in [2.75, 3.05) is 31.1 Å². The molecule has 3 aromatic heterocycles. The molecule has 1 amide bonds. The molecule has 33 heavy (non-hydrogen) atoms. The first-order chi connectivity index (χ1) is 16.2. The van der Waals surface area contributed by atoms with E-state index in [0.717, 1.165) is 31.3 Å². The fraction of sp³-hybridized carbons (Fsp3) is 0.160. The van der Waals surface area contributed by atoms with Gasteiger partial charge in [-0.2, -0.15) is 0 Å². The Bertz CT molecular complexity index is 1470. The predicted molar refractivity (Wildman–Crippen MR) is 133 cm³/mol. The zero-order chi connectivity index (χ0) is 22.4. The number of hydrogen-bond acceptors (Lipinski definition) is 6. The number of pyridine rings is 1. The van der Waals surface area contributed by atoms with Crippen LogP contribution in [0.5, 0.6) is 0 Å². The Balaban J connectivity index is 1.27. The molecule has 8 heteroatoms. The van der Waals surface area contributed by atoms with Crippen LogP contribution in [-0.4, -0.2) is 47.0 Å². The summed E-state index contributed by atoms with van der Waals surface area (Å²) in [5, 5.41) is 3.68. The first-order valence-corrected chi connectivity index (χ1v) is 12.4. The molecule has 0 saturated carbocycles. The summed E-state index contributed by atoms with van der Waals surface area (Å²) < 4.78 is 14.9. The van der Waals surface area contributed by atoms with Gasteiger partial charge in [-0.25, -0.2) is 14.4 Å². The molecule has 1 saturated heterocycles. The number of fused-ring (bicyclic) bond motifs is 2. The van der Waals surface area contributed by atoms with Crippen molar-refractivity contribution in [2.45, 2.75) is 0 Å². The maximum atomic E-state index is 14.1. The summed E-state index contributed by atoms with van der Waals surface area (Å²) >= 11 is 3.11. The number of thiophene rings is 1. The number of hydrogen-bond donors (Lipinski definition) is 0. The lowest BCUT2D eigenvalue weighted by Gasteiger charge is -2.34. The Morgan fingerprint density at radius 3 is 2.58 bits per heavy atom. The molecule has 6 rings (SSSR count). The van der Waals surface area contributed by atoms with E-state index in [-0.39, 0.29) is 11.7 Å². The topological polar surface area (TPSA) is 49.3 Å². The third kappa shape index (κ3) is 3.65. The van der Waals surface area contributed by atoms with E-state index >= 15 is 0 Å². The largest absolute Gasteiger partial charge is 0.345 e. The summed E-state index contributed by atoms with van der Waals surface area (Å²) in [6.45, 7) is 2.49. The van der Waals surface area contributed by atoms with Gasteiger partial charge < -0.3 is 9.80 Å². The van der Waals surface area contributed by atoms with Crippen molar-refractivity contribution in [1.29, 1.82) is 0 Å². The Hall–Kier alpha value is -3.36. The average Bonchev–Trinajstić information content (AvgIpc) is 3.54. The van der Waals surface area contributed by atoms with Gasteiger partial charge in [0.05, 0.1) is 26.4 Å². The van der Waals surface area contributed by atoms with Crippen molar-refractivity contribution in [3.63, 3.8) is 0 Å². The molecule has 0 aliphatic carbocycles. The highest BCUT2D eigenvalue weighted by Gasteiger charge is 2.26. The second-order valence-corrected chi connectivity index (χ2v) is 9.87. The Morgan fingerprint density at radius 2 is 1.79 bits per heavy atom. The molecule has 0 spiro atoms. The zero-order valence-corrected chi connectivity index (χ0v) is 19.2. The van der Waals surface area contributed by atoms with Crippen LogP contribution in [0.2, 0.25) is 0 Å². The van der Waals surface area contributed by atoms with E-state index in [1.54, 1.807) is 17.4 Å². The summed E-state index contributed by atoms with van der Waals surface area (Å²) in [5.41, 5.74) is 2.74. The lowest BCUT2D eigenvalue weighted by Crippen LogP contribution is -2.48. The minimum atomic E-state index is -0.296. The molecule has 0 radical (unpaired) electrons. The SMILES string of the molecule is O=C(c1cc(-c2cccs2)nc2ccccc12)N1CCN(c2nc3c(F)cccc3s2)CC1. The van der Waals surface area contributed by atoms with Crippen LogP contribution in [0.4, 0.5) is 9.52 Å². The van der Waals surface area contributed by atoms with Crippen LogP contribution in [0.25, 0.3) is 31.7 Å². The first-order valence-electron chi connectivity index (χ1n) is 10.7. The van der Waals surface area contributed by atoms with Gasteiger partial charge in [-0.1, -0.05) is 41.7 Å². The van der Waals surface area contributed by atoms with Gasteiger partial charge in [0.25, 0.3) is 5.91 Å². The number of carbonyl (C=O) groups is 1. The van der Waals surface area contributed by atoms with Crippen molar-refractivity contribution in [3.8, 4) is 10.6 Å². The Kier molecular flexibility index (Phi) is 5.04. The summed E-state index contributed by atoms with van der Waals surface area (Å²) in [6, 6.07) is 18.8. The maximum Gasteiger partial charge on any atom is 0.254 e. The summed E-state index contributed by atoms with van der Waals surface area (Å²) in [7, 11) is 0. The number of anilines is 1. The molecular formula is C25H19FN4OS2. The van der Waals surface area contributed by atoms with Crippen molar-refractivity contribution in [1.82, 2.24) is 14.9 Å². The Morgan fingerprint density at radius 1 is 0.939 bits per heavy atom. The first kappa shape index (κ1) is 20.3. The van der Waals surface area contributed by atoms with E-state index in [9.17, 15) is 9.18 Å². The highest BCUT2D eigenvalue weighted by Crippen LogP contribution is 2.32. The molecule has 5 nitrogen and oxygen atoms in total. The van der Waals surface area contributed by atoms with Gasteiger partial charge in [0, 0.05) is 31.6 Å². The molecule has 1 aliphatic rings. The normalized spacial score (nSPS) is 14.3. The number of halogens is 1. The van der Waals surface area contributed by atoms with E-state index < -0.39 is 0 Å². The monoisotopic (exact) mass is 474 g/mol. The standard InChI is InChI=1S/C25H19FN4OS2/c26-18-6-3-8-22-23(18)28-25(33-22)30-12-10-29(11-13-30)24(31)17-15-20(21-9-4-14-32-21)27-19-7-2-1-5-16(17)19/h1-9,14-15H,10-13H2. The van der Waals surface area contributed by atoms with E-state index in [1.807, 2.05) is 58.8 Å². The fourth-order valence-corrected chi connectivity index (χ4v) is 5.93. The third-order valence-electron chi connectivity index (χ3n) is 5.92. The van der Waals surface area contributed by atoms with Gasteiger partial charge in [-0.05, 0) is 35.7 Å². The maximum absolute atomic E-state index is 14.1. The number of nitrogens with zero attached hydrogens (tertiary/aromatic N) is 4. The quantitative estimate of drug-likeness (QED) is 0.338. The lowest BCUT2D eigenvalue weighted by atomic mass is 10.1. The molecule has 0 N–H and O–H groups in total.